The van der Waals surface area contributed by atoms with Gasteiger partial charge in [0.05, 0.1) is 19.1 Å². The monoisotopic (exact) mass is 543 g/mol. The Morgan fingerprint density at radius 2 is 1.62 bits per heavy atom. The van der Waals surface area contributed by atoms with Crippen molar-refractivity contribution in [2.45, 2.75) is 19.0 Å². The van der Waals surface area contributed by atoms with Crippen LogP contribution in [-0.4, -0.2) is 58.1 Å². The minimum atomic E-state index is -3.83. The summed E-state index contributed by atoms with van der Waals surface area (Å²) in [5.41, 5.74) is 1.88. The normalized spacial score (nSPS) is 11.9. The molecule has 0 saturated heterocycles. The fourth-order valence-electron chi connectivity index (χ4n) is 3.91. The number of anilines is 1. The van der Waals surface area contributed by atoms with Crippen molar-refractivity contribution >= 4 is 39.1 Å². The predicted molar refractivity (Wildman–Crippen MR) is 145 cm³/mol. The SMILES string of the molecule is CNC(=O)[C@H](Cc1ccccc1)N(Cc1cccc(OC)c1)C(=O)CN(c1ccc(Cl)cc1)S(C)(=O)=O. The molecule has 3 rings (SSSR count). The predicted octanol–water partition coefficient (Wildman–Crippen LogP) is 3.50. The molecule has 37 heavy (non-hydrogen) atoms. The van der Waals surface area contributed by atoms with Crippen LogP contribution in [0.15, 0.2) is 78.9 Å². The highest BCUT2D eigenvalue weighted by atomic mass is 35.5. The van der Waals surface area contributed by atoms with Gasteiger partial charge in [-0.2, -0.15) is 0 Å². The minimum Gasteiger partial charge on any atom is -0.497 e. The summed E-state index contributed by atoms with van der Waals surface area (Å²) in [5, 5.41) is 3.08. The first kappa shape index (κ1) is 28.0. The minimum absolute atomic E-state index is 0.0686. The first-order chi connectivity index (χ1) is 17.6. The summed E-state index contributed by atoms with van der Waals surface area (Å²) in [5.74, 6) is -0.298. The molecule has 0 radical (unpaired) electrons. The topological polar surface area (TPSA) is 96.0 Å². The van der Waals surface area contributed by atoms with Gasteiger partial charge in [-0.1, -0.05) is 54.1 Å². The van der Waals surface area contributed by atoms with Gasteiger partial charge in [-0.3, -0.25) is 13.9 Å². The molecule has 1 atom stereocenters. The second-order valence-corrected chi connectivity index (χ2v) is 10.8. The summed E-state index contributed by atoms with van der Waals surface area (Å²) in [7, 11) is -0.784. The molecule has 0 aliphatic carbocycles. The van der Waals surface area contributed by atoms with Gasteiger partial charge in [0.25, 0.3) is 0 Å². The molecule has 8 nitrogen and oxygen atoms in total. The molecule has 0 aliphatic heterocycles. The van der Waals surface area contributed by atoms with E-state index < -0.39 is 28.5 Å². The van der Waals surface area contributed by atoms with Crippen molar-refractivity contribution in [1.29, 1.82) is 0 Å². The van der Waals surface area contributed by atoms with Crippen molar-refractivity contribution < 1.29 is 22.7 Å². The summed E-state index contributed by atoms with van der Waals surface area (Å²) in [4.78, 5) is 28.3. The Kier molecular flexibility index (Phi) is 9.54. The van der Waals surface area contributed by atoms with Crippen molar-refractivity contribution in [3.05, 3.63) is 95.0 Å². The maximum absolute atomic E-state index is 13.8. The zero-order valence-corrected chi connectivity index (χ0v) is 22.5. The van der Waals surface area contributed by atoms with Gasteiger partial charge in [-0.25, -0.2) is 8.42 Å². The maximum Gasteiger partial charge on any atom is 0.244 e. The van der Waals surface area contributed by atoms with Crippen LogP contribution in [0.2, 0.25) is 5.02 Å². The Morgan fingerprint density at radius 1 is 0.973 bits per heavy atom. The Labute approximate surface area is 222 Å². The third kappa shape index (κ3) is 7.71. The smallest absolute Gasteiger partial charge is 0.244 e. The molecule has 196 valence electrons. The molecule has 3 aromatic carbocycles. The second-order valence-electron chi connectivity index (χ2n) is 8.44. The van der Waals surface area contributed by atoms with E-state index in [9.17, 15) is 18.0 Å². The summed E-state index contributed by atoms with van der Waals surface area (Å²) in [6.45, 7) is -0.425. The van der Waals surface area contributed by atoms with Gasteiger partial charge in [0.2, 0.25) is 21.8 Å². The second kappa shape index (κ2) is 12.6. The molecule has 0 saturated carbocycles. The number of halogens is 1. The molecule has 10 heteroatoms. The Bertz CT molecular complexity index is 1320. The highest BCUT2D eigenvalue weighted by Crippen LogP contribution is 2.23. The molecule has 2 amide bonds. The zero-order valence-electron chi connectivity index (χ0n) is 20.9. The van der Waals surface area contributed by atoms with E-state index in [1.807, 2.05) is 36.4 Å². The largest absolute Gasteiger partial charge is 0.497 e. The van der Waals surface area contributed by atoms with Crippen LogP contribution in [0.25, 0.3) is 0 Å². The molecule has 0 fully saturated rings. The molecule has 0 heterocycles. The van der Waals surface area contributed by atoms with E-state index in [2.05, 4.69) is 5.32 Å². The van der Waals surface area contributed by atoms with Crippen LogP contribution >= 0.6 is 11.6 Å². The summed E-state index contributed by atoms with van der Waals surface area (Å²) in [6, 6.07) is 21.8. The van der Waals surface area contributed by atoms with Crippen molar-refractivity contribution in [2.24, 2.45) is 0 Å². The van der Waals surface area contributed by atoms with Crippen LogP contribution in [0.1, 0.15) is 11.1 Å². The Hall–Kier alpha value is -3.56. The van der Waals surface area contributed by atoms with E-state index >= 15 is 0 Å². The van der Waals surface area contributed by atoms with Crippen LogP contribution < -0.4 is 14.4 Å². The maximum atomic E-state index is 13.8. The lowest BCUT2D eigenvalue weighted by Gasteiger charge is -2.33. The quantitative estimate of drug-likeness (QED) is 0.399. The van der Waals surface area contributed by atoms with E-state index in [-0.39, 0.29) is 18.9 Å². The lowest BCUT2D eigenvalue weighted by atomic mass is 10.0. The van der Waals surface area contributed by atoms with Crippen molar-refractivity contribution in [2.75, 3.05) is 31.3 Å². The Balaban J connectivity index is 2.02. The van der Waals surface area contributed by atoms with E-state index in [0.29, 0.717) is 16.5 Å². The standard InChI is InChI=1S/C27H30ClN3O5S/c1-29-27(33)25(17-20-8-5-4-6-9-20)30(18-21-10-7-11-24(16-21)36-2)26(32)19-31(37(3,34)35)23-14-12-22(28)13-15-23/h4-16,25H,17-19H2,1-3H3,(H,29,33)/t25-/m0/s1. The molecular formula is C27H30ClN3O5S. The number of nitrogens with one attached hydrogen (secondary N) is 1. The lowest BCUT2D eigenvalue weighted by Crippen LogP contribution is -2.52. The number of hydrogen-bond acceptors (Lipinski definition) is 5. The number of sulfonamides is 1. The zero-order chi connectivity index (χ0) is 27.0. The fourth-order valence-corrected chi connectivity index (χ4v) is 4.88. The number of hydrogen-bond donors (Lipinski definition) is 1. The van der Waals surface area contributed by atoms with Gasteiger partial charge in [0.15, 0.2) is 0 Å². The molecule has 0 aromatic heterocycles. The first-order valence-corrected chi connectivity index (χ1v) is 13.8. The molecule has 0 aliphatic rings. The van der Waals surface area contributed by atoms with Gasteiger partial charge >= 0.3 is 0 Å². The number of likely N-dealkylation sites (N-methyl/N-ethyl adjacent to an activating group) is 1. The first-order valence-electron chi connectivity index (χ1n) is 11.5. The number of rotatable bonds is 11. The number of nitrogens with zero attached hydrogens (tertiary/aromatic N) is 2. The van der Waals surface area contributed by atoms with Crippen molar-refractivity contribution in [3.8, 4) is 5.75 Å². The van der Waals surface area contributed by atoms with Crippen LogP contribution in [0.4, 0.5) is 5.69 Å². The molecule has 0 bridgehead atoms. The van der Waals surface area contributed by atoms with Crippen LogP contribution in [0.3, 0.4) is 0 Å². The third-order valence-corrected chi connectivity index (χ3v) is 7.19. The number of amides is 2. The van der Waals surface area contributed by atoms with Crippen LogP contribution in [0, 0.1) is 0 Å². The van der Waals surface area contributed by atoms with Crippen molar-refractivity contribution in [3.63, 3.8) is 0 Å². The van der Waals surface area contributed by atoms with Gasteiger partial charge < -0.3 is 15.0 Å². The fraction of sp³-hybridized carbons (Fsp3) is 0.259. The van der Waals surface area contributed by atoms with Crippen LogP contribution in [0.5, 0.6) is 5.75 Å². The van der Waals surface area contributed by atoms with E-state index in [4.69, 9.17) is 16.3 Å². The van der Waals surface area contributed by atoms with Crippen LogP contribution in [-0.2, 0) is 32.6 Å². The summed E-state index contributed by atoms with van der Waals surface area (Å²) < 4.78 is 31.7. The molecular weight excluding hydrogens is 514 g/mol. The van der Waals surface area contributed by atoms with Crippen molar-refractivity contribution in [1.82, 2.24) is 10.2 Å². The van der Waals surface area contributed by atoms with Gasteiger partial charge in [0, 0.05) is 25.0 Å². The average Bonchev–Trinajstić information content (AvgIpc) is 2.89. The molecule has 1 N–H and O–H groups in total. The lowest BCUT2D eigenvalue weighted by molar-refractivity contribution is -0.139. The van der Waals surface area contributed by atoms with Gasteiger partial charge in [-0.05, 0) is 47.5 Å². The van der Waals surface area contributed by atoms with E-state index in [1.165, 1.54) is 24.1 Å². The molecule has 0 unspecified atom stereocenters. The highest BCUT2D eigenvalue weighted by Gasteiger charge is 2.32. The number of ether oxygens (including phenoxy) is 1. The van der Waals surface area contributed by atoms with Gasteiger partial charge in [-0.15, -0.1) is 0 Å². The van der Waals surface area contributed by atoms with E-state index in [1.54, 1.807) is 37.4 Å². The highest BCUT2D eigenvalue weighted by molar-refractivity contribution is 7.92. The Morgan fingerprint density at radius 3 is 2.22 bits per heavy atom. The van der Waals surface area contributed by atoms with Gasteiger partial charge in [0.1, 0.15) is 18.3 Å². The summed E-state index contributed by atoms with van der Waals surface area (Å²) >= 11 is 5.97. The third-order valence-electron chi connectivity index (χ3n) is 5.80. The average molecular weight is 544 g/mol. The number of methoxy groups -OCH3 is 1. The van der Waals surface area contributed by atoms with E-state index in [0.717, 1.165) is 21.7 Å². The molecule has 3 aromatic rings. The number of benzene rings is 3. The summed E-state index contributed by atoms with van der Waals surface area (Å²) in [6.07, 6.45) is 1.28. The molecule has 0 spiro atoms. The number of carbonyl (C=O) groups is 2. The number of carbonyl (C=O) groups excluding carboxylic acids is 2.